The Balaban J connectivity index is 1.75. The summed E-state index contributed by atoms with van der Waals surface area (Å²) in [6.07, 6.45) is 1.73. The summed E-state index contributed by atoms with van der Waals surface area (Å²) in [6.45, 7) is 1.92. The standard InChI is InChI=1S/C22H26N2O6/c1-3-4-12-29-22(27)16-6-5-7-17(13-16)24-20(25)14-23-21(26)15-30-19-10-8-18(28-2)9-11-19/h5-11,13H,3-4,12,14-15H2,1-2H3,(H,23,26)(H,24,25). The van der Waals surface area contributed by atoms with E-state index >= 15 is 0 Å². The average Bonchev–Trinajstić information content (AvgIpc) is 2.77. The molecule has 0 bridgehead atoms. The molecule has 2 aromatic carbocycles. The van der Waals surface area contributed by atoms with Crippen LogP contribution in [0.25, 0.3) is 0 Å². The smallest absolute Gasteiger partial charge is 0.338 e. The Hall–Kier alpha value is -3.55. The highest BCUT2D eigenvalue weighted by molar-refractivity contribution is 5.96. The van der Waals surface area contributed by atoms with Crippen molar-refractivity contribution in [2.24, 2.45) is 0 Å². The van der Waals surface area contributed by atoms with Crippen LogP contribution >= 0.6 is 0 Å². The molecule has 0 heterocycles. The molecule has 2 amide bonds. The topological polar surface area (TPSA) is 103 Å². The van der Waals surface area contributed by atoms with Crippen molar-refractivity contribution < 1.29 is 28.6 Å². The number of esters is 1. The number of hydrogen-bond donors (Lipinski definition) is 2. The Morgan fingerprint density at radius 1 is 0.967 bits per heavy atom. The Labute approximate surface area is 175 Å². The quantitative estimate of drug-likeness (QED) is 0.433. The molecule has 30 heavy (non-hydrogen) atoms. The number of carbonyl (C=O) groups is 3. The zero-order valence-electron chi connectivity index (χ0n) is 17.1. The van der Waals surface area contributed by atoms with Crippen LogP contribution in [-0.2, 0) is 14.3 Å². The van der Waals surface area contributed by atoms with E-state index in [-0.39, 0.29) is 13.2 Å². The van der Waals surface area contributed by atoms with Crippen LogP contribution in [0.4, 0.5) is 5.69 Å². The van der Waals surface area contributed by atoms with Gasteiger partial charge in [0.05, 0.1) is 25.8 Å². The third-order valence-corrected chi connectivity index (χ3v) is 3.99. The minimum Gasteiger partial charge on any atom is -0.497 e. The molecule has 2 rings (SSSR count). The third-order valence-electron chi connectivity index (χ3n) is 3.99. The minimum absolute atomic E-state index is 0.224. The molecule has 0 spiro atoms. The van der Waals surface area contributed by atoms with Gasteiger partial charge in [0, 0.05) is 5.69 Å². The van der Waals surface area contributed by atoms with Gasteiger partial charge in [-0.3, -0.25) is 9.59 Å². The summed E-state index contributed by atoms with van der Waals surface area (Å²) < 4.78 is 15.5. The highest BCUT2D eigenvalue weighted by Gasteiger charge is 2.10. The second-order valence-electron chi connectivity index (χ2n) is 6.36. The maximum atomic E-state index is 12.1. The van der Waals surface area contributed by atoms with Gasteiger partial charge in [-0.05, 0) is 48.9 Å². The van der Waals surface area contributed by atoms with Gasteiger partial charge in [0.25, 0.3) is 5.91 Å². The number of rotatable bonds is 11. The summed E-state index contributed by atoms with van der Waals surface area (Å²) in [4.78, 5) is 35.9. The fourth-order valence-electron chi connectivity index (χ4n) is 2.37. The molecule has 0 radical (unpaired) electrons. The van der Waals surface area contributed by atoms with E-state index in [0.29, 0.717) is 29.4 Å². The summed E-state index contributed by atoms with van der Waals surface area (Å²) in [5.41, 5.74) is 0.787. The van der Waals surface area contributed by atoms with E-state index in [1.807, 2.05) is 6.92 Å². The zero-order valence-corrected chi connectivity index (χ0v) is 17.1. The molecule has 0 saturated carbocycles. The lowest BCUT2D eigenvalue weighted by Crippen LogP contribution is -2.35. The molecule has 0 aromatic heterocycles. The highest BCUT2D eigenvalue weighted by Crippen LogP contribution is 2.16. The molecule has 0 unspecified atom stereocenters. The molecule has 0 aliphatic carbocycles. The Morgan fingerprint density at radius 3 is 2.40 bits per heavy atom. The van der Waals surface area contributed by atoms with Crippen LogP contribution in [0.15, 0.2) is 48.5 Å². The van der Waals surface area contributed by atoms with Gasteiger partial charge in [0.15, 0.2) is 6.61 Å². The maximum Gasteiger partial charge on any atom is 0.338 e. The van der Waals surface area contributed by atoms with Gasteiger partial charge in [0.1, 0.15) is 11.5 Å². The largest absolute Gasteiger partial charge is 0.497 e. The molecule has 2 aromatic rings. The molecule has 2 N–H and O–H groups in total. The second kappa shape index (κ2) is 12.1. The first kappa shape index (κ1) is 22.7. The third kappa shape index (κ3) is 7.83. The second-order valence-corrected chi connectivity index (χ2v) is 6.36. The number of nitrogens with one attached hydrogen (secondary N) is 2. The first-order valence-electron chi connectivity index (χ1n) is 9.62. The van der Waals surface area contributed by atoms with Crippen LogP contribution in [-0.4, -0.2) is 44.7 Å². The van der Waals surface area contributed by atoms with Gasteiger partial charge in [0.2, 0.25) is 5.91 Å². The number of ether oxygens (including phenoxy) is 3. The first-order valence-corrected chi connectivity index (χ1v) is 9.62. The Kier molecular flexibility index (Phi) is 9.18. The van der Waals surface area contributed by atoms with Crippen molar-refractivity contribution in [3.8, 4) is 11.5 Å². The molecular weight excluding hydrogens is 388 g/mol. The lowest BCUT2D eigenvalue weighted by Gasteiger charge is -2.10. The van der Waals surface area contributed by atoms with E-state index in [1.54, 1.807) is 49.6 Å². The zero-order chi connectivity index (χ0) is 21.8. The van der Waals surface area contributed by atoms with E-state index in [2.05, 4.69) is 10.6 Å². The van der Waals surface area contributed by atoms with Crippen molar-refractivity contribution in [3.05, 3.63) is 54.1 Å². The lowest BCUT2D eigenvalue weighted by molar-refractivity contribution is -0.125. The van der Waals surface area contributed by atoms with Gasteiger partial charge < -0.3 is 24.8 Å². The number of anilines is 1. The van der Waals surface area contributed by atoms with Gasteiger partial charge in [-0.1, -0.05) is 19.4 Å². The Bertz CT molecular complexity index is 851. The monoisotopic (exact) mass is 414 g/mol. The van der Waals surface area contributed by atoms with Crippen molar-refractivity contribution in [3.63, 3.8) is 0 Å². The molecule has 0 atom stereocenters. The molecule has 0 saturated heterocycles. The summed E-state index contributed by atoms with van der Waals surface area (Å²) in [5, 5.41) is 5.11. The van der Waals surface area contributed by atoms with E-state index in [4.69, 9.17) is 14.2 Å². The van der Waals surface area contributed by atoms with Gasteiger partial charge in [-0.25, -0.2) is 4.79 Å². The first-order chi connectivity index (χ1) is 14.5. The lowest BCUT2D eigenvalue weighted by atomic mass is 10.2. The molecule has 0 fully saturated rings. The van der Waals surface area contributed by atoms with Crippen molar-refractivity contribution in [1.29, 1.82) is 0 Å². The van der Waals surface area contributed by atoms with Crippen molar-refractivity contribution >= 4 is 23.5 Å². The number of amides is 2. The van der Waals surface area contributed by atoms with Gasteiger partial charge in [-0.2, -0.15) is 0 Å². The van der Waals surface area contributed by atoms with Crippen molar-refractivity contribution in [2.45, 2.75) is 19.8 Å². The van der Waals surface area contributed by atoms with E-state index in [9.17, 15) is 14.4 Å². The number of hydrogen-bond acceptors (Lipinski definition) is 6. The van der Waals surface area contributed by atoms with Crippen LogP contribution < -0.4 is 20.1 Å². The predicted molar refractivity (Wildman–Crippen MR) is 112 cm³/mol. The molecule has 160 valence electrons. The highest BCUT2D eigenvalue weighted by atomic mass is 16.5. The predicted octanol–water partition coefficient (Wildman–Crippen LogP) is 2.79. The number of methoxy groups -OCH3 is 1. The summed E-state index contributed by atoms with van der Waals surface area (Å²) in [6, 6.07) is 13.2. The van der Waals surface area contributed by atoms with Crippen LogP contribution in [0.3, 0.4) is 0 Å². The van der Waals surface area contributed by atoms with Gasteiger partial charge >= 0.3 is 5.97 Å². The SMILES string of the molecule is CCCCOC(=O)c1cccc(NC(=O)CNC(=O)COc2ccc(OC)cc2)c1. The fourth-order valence-corrected chi connectivity index (χ4v) is 2.37. The van der Waals surface area contributed by atoms with E-state index < -0.39 is 17.8 Å². The van der Waals surface area contributed by atoms with Gasteiger partial charge in [-0.15, -0.1) is 0 Å². The number of carbonyl (C=O) groups excluding carboxylic acids is 3. The molecule has 0 aliphatic heterocycles. The summed E-state index contributed by atoms with van der Waals surface area (Å²) in [5.74, 6) is -0.109. The summed E-state index contributed by atoms with van der Waals surface area (Å²) >= 11 is 0. The molecule has 0 aliphatic rings. The Morgan fingerprint density at radius 2 is 1.70 bits per heavy atom. The normalized spacial score (nSPS) is 10.1. The van der Waals surface area contributed by atoms with Crippen LogP contribution in [0.2, 0.25) is 0 Å². The molecule has 8 heteroatoms. The summed E-state index contributed by atoms with van der Waals surface area (Å²) in [7, 11) is 1.56. The van der Waals surface area contributed by atoms with Crippen molar-refractivity contribution in [1.82, 2.24) is 5.32 Å². The average molecular weight is 414 g/mol. The maximum absolute atomic E-state index is 12.1. The number of unbranched alkanes of at least 4 members (excludes halogenated alkanes) is 1. The molecular formula is C22H26N2O6. The van der Waals surface area contributed by atoms with E-state index in [1.165, 1.54) is 6.07 Å². The molecule has 8 nitrogen and oxygen atoms in total. The fraction of sp³-hybridized carbons (Fsp3) is 0.318. The van der Waals surface area contributed by atoms with Crippen LogP contribution in [0, 0.1) is 0 Å². The van der Waals surface area contributed by atoms with Crippen LogP contribution in [0.1, 0.15) is 30.1 Å². The number of benzene rings is 2. The minimum atomic E-state index is -0.441. The van der Waals surface area contributed by atoms with Crippen LogP contribution in [0.5, 0.6) is 11.5 Å². The van der Waals surface area contributed by atoms with Crippen molar-refractivity contribution in [2.75, 3.05) is 32.2 Å². The van der Waals surface area contributed by atoms with E-state index in [0.717, 1.165) is 12.8 Å².